The monoisotopic (exact) mass is 253 g/mol. The van der Waals surface area contributed by atoms with Gasteiger partial charge in [0.05, 0.1) is 0 Å². The second-order valence-electron chi connectivity index (χ2n) is 3.23. The number of fused-ring (bicyclic) bond motifs is 1. The summed E-state index contributed by atoms with van der Waals surface area (Å²) in [6, 6.07) is 6.10. The van der Waals surface area contributed by atoms with Crippen LogP contribution in [0.1, 0.15) is 12.1 Å². The van der Waals surface area contributed by atoms with Crippen LogP contribution in [0.2, 0.25) is 0 Å². The largest absolute Gasteiger partial charge is 0.330 e. The third kappa shape index (κ3) is 1.67. The van der Waals surface area contributed by atoms with E-state index in [9.17, 15) is 0 Å². The number of aromatic nitrogens is 2. The lowest BCUT2D eigenvalue weighted by Gasteiger charge is -1.96. The molecule has 0 unspecified atom stereocenters. The Morgan fingerprint density at radius 2 is 2.29 bits per heavy atom. The van der Waals surface area contributed by atoms with Gasteiger partial charge in [-0.05, 0) is 41.4 Å². The maximum atomic E-state index is 5.48. The summed E-state index contributed by atoms with van der Waals surface area (Å²) in [5.41, 5.74) is 7.65. The van der Waals surface area contributed by atoms with Crippen molar-refractivity contribution in [2.24, 2.45) is 5.73 Å². The van der Waals surface area contributed by atoms with Crippen molar-refractivity contribution in [1.29, 1.82) is 0 Å². The Kier molecular flexibility index (Phi) is 2.84. The summed E-state index contributed by atoms with van der Waals surface area (Å²) in [7, 11) is 0. The van der Waals surface area contributed by atoms with Gasteiger partial charge in [0.1, 0.15) is 5.52 Å². The number of para-hydroxylation sites is 1. The van der Waals surface area contributed by atoms with E-state index in [0.717, 1.165) is 22.8 Å². The van der Waals surface area contributed by atoms with Crippen molar-refractivity contribution in [3.63, 3.8) is 0 Å². The fourth-order valence-corrected chi connectivity index (χ4v) is 1.98. The molecule has 0 aliphatic carbocycles. The second kappa shape index (κ2) is 4.11. The first-order valence-electron chi connectivity index (χ1n) is 4.64. The minimum atomic E-state index is 0.717. The van der Waals surface area contributed by atoms with Gasteiger partial charge in [-0.25, -0.2) is 0 Å². The van der Waals surface area contributed by atoms with Crippen LogP contribution in [-0.2, 0) is 6.42 Å². The number of nitrogens with one attached hydrogen (secondary N) is 1. The van der Waals surface area contributed by atoms with Gasteiger partial charge < -0.3 is 5.73 Å². The molecule has 0 aliphatic rings. The molecule has 1 heterocycles. The number of rotatable bonds is 3. The molecule has 2 rings (SSSR count). The number of aromatic amines is 1. The molecule has 0 saturated heterocycles. The zero-order valence-electron chi connectivity index (χ0n) is 7.76. The molecule has 2 aromatic rings. The van der Waals surface area contributed by atoms with Gasteiger partial charge in [-0.2, -0.15) is 5.10 Å². The van der Waals surface area contributed by atoms with E-state index in [0.29, 0.717) is 6.54 Å². The lowest BCUT2D eigenvalue weighted by molar-refractivity contribution is 0.808. The third-order valence-corrected chi connectivity index (χ3v) is 2.89. The van der Waals surface area contributed by atoms with Crippen LogP contribution in [0.5, 0.6) is 0 Å². The Hall–Kier alpha value is -0.870. The Balaban J connectivity index is 2.42. The number of benzene rings is 1. The zero-order valence-corrected chi connectivity index (χ0v) is 9.34. The topological polar surface area (TPSA) is 54.7 Å². The Morgan fingerprint density at radius 3 is 3.07 bits per heavy atom. The summed E-state index contributed by atoms with van der Waals surface area (Å²) in [6.45, 7) is 0.717. The summed E-state index contributed by atoms with van der Waals surface area (Å²) >= 11 is 3.47. The van der Waals surface area contributed by atoms with Gasteiger partial charge in [0.25, 0.3) is 0 Å². The molecule has 1 aromatic carbocycles. The van der Waals surface area contributed by atoms with E-state index in [1.807, 2.05) is 12.1 Å². The van der Waals surface area contributed by atoms with Crippen LogP contribution in [0.3, 0.4) is 0 Å². The first-order valence-corrected chi connectivity index (χ1v) is 5.44. The molecular formula is C10H12BrN3. The average Bonchev–Trinajstić information content (AvgIpc) is 2.60. The quantitative estimate of drug-likeness (QED) is 0.882. The molecule has 4 heteroatoms. The maximum absolute atomic E-state index is 5.48. The summed E-state index contributed by atoms with van der Waals surface area (Å²) in [5.74, 6) is 0. The van der Waals surface area contributed by atoms with Gasteiger partial charge in [0.15, 0.2) is 0 Å². The number of nitrogens with two attached hydrogens (primary N) is 1. The number of H-pyrrole nitrogens is 1. The average molecular weight is 254 g/mol. The van der Waals surface area contributed by atoms with Crippen LogP contribution >= 0.6 is 15.9 Å². The predicted molar refractivity (Wildman–Crippen MR) is 61.2 cm³/mol. The minimum absolute atomic E-state index is 0.717. The standard InChI is InChI=1S/C10H12BrN3/c11-8-4-1-3-7-9(5-2-6-12)13-14-10(7)8/h1,3-4H,2,5-6,12H2,(H,13,14). The van der Waals surface area contributed by atoms with Gasteiger partial charge in [0.2, 0.25) is 0 Å². The van der Waals surface area contributed by atoms with Crippen molar-refractivity contribution >= 4 is 26.8 Å². The predicted octanol–water partition coefficient (Wildman–Crippen LogP) is 2.22. The fourth-order valence-electron chi connectivity index (χ4n) is 1.53. The van der Waals surface area contributed by atoms with Crippen molar-refractivity contribution in [3.05, 3.63) is 28.4 Å². The van der Waals surface area contributed by atoms with Gasteiger partial charge in [0, 0.05) is 15.6 Å². The number of hydrogen-bond acceptors (Lipinski definition) is 2. The number of nitrogens with zero attached hydrogens (tertiary/aromatic N) is 1. The minimum Gasteiger partial charge on any atom is -0.330 e. The second-order valence-corrected chi connectivity index (χ2v) is 4.08. The smallest absolute Gasteiger partial charge is 0.106 e. The molecule has 0 radical (unpaired) electrons. The molecule has 3 nitrogen and oxygen atoms in total. The highest BCUT2D eigenvalue weighted by molar-refractivity contribution is 9.10. The van der Waals surface area contributed by atoms with Crippen LogP contribution in [0.4, 0.5) is 0 Å². The summed E-state index contributed by atoms with van der Waals surface area (Å²) < 4.78 is 1.03. The fraction of sp³-hybridized carbons (Fsp3) is 0.300. The van der Waals surface area contributed by atoms with Gasteiger partial charge in [-0.3, -0.25) is 5.10 Å². The lowest BCUT2D eigenvalue weighted by Crippen LogP contribution is -2.00. The third-order valence-electron chi connectivity index (χ3n) is 2.25. The molecule has 0 saturated carbocycles. The van der Waals surface area contributed by atoms with E-state index < -0.39 is 0 Å². The highest BCUT2D eigenvalue weighted by Gasteiger charge is 2.06. The van der Waals surface area contributed by atoms with Crippen LogP contribution in [-0.4, -0.2) is 16.7 Å². The summed E-state index contributed by atoms with van der Waals surface area (Å²) in [4.78, 5) is 0. The summed E-state index contributed by atoms with van der Waals surface area (Å²) in [6.07, 6.45) is 1.95. The van der Waals surface area contributed by atoms with Crippen molar-refractivity contribution in [2.75, 3.05) is 6.54 Å². The molecule has 0 aliphatic heterocycles. The van der Waals surface area contributed by atoms with Gasteiger partial charge in [-0.1, -0.05) is 12.1 Å². The van der Waals surface area contributed by atoms with Gasteiger partial charge >= 0.3 is 0 Å². The number of aryl methyl sites for hydroxylation is 1. The molecule has 1 aromatic heterocycles. The molecule has 3 N–H and O–H groups in total. The maximum Gasteiger partial charge on any atom is 0.106 e. The molecule has 0 fully saturated rings. The van der Waals surface area contributed by atoms with Gasteiger partial charge in [-0.15, -0.1) is 0 Å². The SMILES string of the molecule is NCCCc1[nH]nc2c(Br)cccc12. The van der Waals surface area contributed by atoms with Crippen LogP contribution < -0.4 is 5.73 Å². The normalized spacial score (nSPS) is 11.0. The van der Waals surface area contributed by atoms with E-state index in [2.05, 4.69) is 32.2 Å². The molecule has 14 heavy (non-hydrogen) atoms. The summed E-state index contributed by atoms with van der Waals surface area (Å²) in [5, 5.41) is 8.50. The van der Waals surface area contributed by atoms with Crippen LogP contribution in [0, 0.1) is 0 Å². The van der Waals surface area contributed by atoms with E-state index in [1.54, 1.807) is 0 Å². The molecule has 0 spiro atoms. The number of hydrogen-bond donors (Lipinski definition) is 2. The van der Waals surface area contributed by atoms with Crippen LogP contribution in [0.15, 0.2) is 22.7 Å². The molecule has 0 atom stereocenters. The highest BCUT2D eigenvalue weighted by Crippen LogP contribution is 2.24. The van der Waals surface area contributed by atoms with E-state index in [4.69, 9.17) is 5.73 Å². The Labute approximate surface area is 90.8 Å². The lowest BCUT2D eigenvalue weighted by atomic mass is 10.1. The zero-order chi connectivity index (χ0) is 9.97. The first kappa shape index (κ1) is 9.68. The van der Waals surface area contributed by atoms with Crippen LogP contribution in [0.25, 0.3) is 10.9 Å². The molecule has 0 amide bonds. The van der Waals surface area contributed by atoms with Crippen molar-refractivity contribution in [3.8, 4) is 0 Å². The number of halogens is 1. The molecule has 74 valence electrons. The van der Waals surface area contributed by atoms with Crippen molar-refractivity contribution in [1.82, 2.24) is 10.2 Å². The molecular weight excluding hydrogens is 242 g/mol. The van der Waals surface area contributed by atoms with E-state index in [-0.39, 0.29) is 0 Å². The van der Waals surface area contributed by atoms with E-state index in [1.165, 1.54) is 11.1 Å². The Morgan fingerprint density at radius 1 is 1.43 bits per heavy atom. The molecule has 0 bridgehead atoms. The first-order chi connectivity index (χ1) is 6.83. The van der Waals surface area contributed by atoms with Crippen molar-refractivity contribution in [2.45, 2.75) is 12.8 Å². The van der Waals surface area contributed by atoms with Crippen molar-refractivity contribution < 1.29 is 0 Å². The van der Waals surface area contributed by atoms with E-state index >= 15 is 0 Å². The highest BCUT2D eigenvalue weighted by atomic mass is 79.9. The Bertz CT molecular complexity index is 436.